The minimum atomic E-state index is -0.0536. The molecular weight excluding hydrogens is 390 g/mol. The summed E-state index contributed by atoms with van der Waals surface area (Å²) < 4.78 is 0. The van der Waals surface area contributed by atoms with Gasteiger partial charge in [0.05, 0.1) is 5.69 Å². The SMILES string of the molecule is CC(=O)Nc1c(-c2ccc3c4c(ccc3c2)C2=C(CCC=C2)CC4)ccc2ccccc12. The molecule has 1 amide bonds. The van der Waals surface area contributed by atoms with Crippen molar-refractivity contribution in [3.63, 3.8) is 0 Å². The molecule has 0 aliphatic heterocycles. The maximum Gasteiger partial charge on any atom is 0.221 e. The zero-order chi connectivity index (χ0) is 21.7. The fraction of sp³-hybridized carbons (Fsp3) is 0.167. The average Bonchev–Trinajstić information content (AvgIpc) is 2.83. The number of amides is 1. The predicted octanol–water partition coefficient (Wildman–Crippen LogP) is 7.67. The van der Waals surface area contributed by atoms with E-state index in [2.05, 4.69) is 72.1 Å². The van der Waals surface area contributed by atoms with Crippen LogP contribution in [0.3, 0.4) is 0 Å². The van der Waals surface area contributed by atoms with E-state index in [4.69, 9.17) is 0 Å². The summed E-state index contributed by atoms with van der Waals surface area (Å²) in [6, 6.07) is 23.8. The van der Waals surface area contributed by atoms with Gasteiger partial charge in [-0.05, 0) is 70.2 Å². The first-order valence-electron chi connectivity index (χ1n) is 11.4. The third-order valence-electron chi connectivity index (χ3n) is 6.92. The molecule has 0 heterocycles. The van der Waals surface area contributed by atoms with Gasteiger partial charge in [0.15, 0.2) is 0 Å². The summed E-state index contributed by atoms with van der Waals surface area (Å²) in [5.41, 5.74) is 9.01. The van der Waals surface area contributed by atoms with E-state index in [-0.39, 0.29) is 5.91 Å². The zero-order valence-electron chi connectivity index (χ0n) is 18.2. The van der Waals surface area contributed by atoms with E-state index >= 15 is 0 Å². The number of aryl methyl sites for hydroxylation is 1. The number of hydrogen-bond donors (Lipinski definition) is 1. The van der Waals surface area contributed by atoms with Gasteiger partial charge >= 0.3 is 0 Å². The van der Waals surface area contributed by atoms with Crippen LogP contribution in [-0.2, 0) is 11.2 Å². The fourth-order valence-corrected chi connectivity index (χ4v) is 5.43. The van der Waals surface area contributed by atoms with E-state index in [1.807, 2.05) is 12.1 Å². The van der Waals surface area contributed by atoms with Gasteiger partial charge in [0.25, 0.3) is 0 Å². The van der Waals surface area contributed by atoms with Gasteiger partial charge in [0.1, 0.15) is 0 Å². The van der Waals surface area contributed by atoms with Gasteiger partial charge < -0.3 is 5.32 Å². The molecule has 2 aliphatic rings. The lowest BCUT2D eigenvalue weighted by Gasteiger charge is -2.25. The predicted molar refractivity (Wildman–Crippen MR) is 135 cm³/mol. The van der Waals surface area contributed by atoms with Crippen molar-refractivity contribution in [3.8, 4) is 11.1 Å². The Hall–Kier alpha value is -3.65. The lowest BCUT2D eigenvalue weighted by Crippen LogP contribution is -2.08. The van der Waals surface area contributed by atoms with Gasteiger partial charge in [-0.25, -0.2) is 0 Å². The first kappa shape index (κ1) is 19.1. The van der Waals surface area contributed by atoms with Gasteiger partial charge in [0, 0.05) is 17.9 Å². The first-order chi connectivity index (χ1) is 15.7. The number of rotatable bonds is 2. The summed E-state index contributed by atoms with van der Waals surface area (Å²) in [4.78, 5) is 12.0. The smallest absolute Gasteiger partial charge is 0.221 e. The van der Waals surface area contributed by atoms with Crippen LogP contribution in [0.15, 0.2) is 84.5 Å². The number of benzene rings is 4. The lowest BCUT2D eigenvalue weighted by molar-refractivity contribution is -0.114. The van der Waals surface area contributed by atoms with Gasteiger partial charge in [-0.3, -0.25) is 4.79 Å². The second-order valence-electron chi connectivity index (χ2n) is 8.88. The van der Waals surface area contributed by atoms with Gasteiger partial charge in [-0.1, -0.05) is 78.4 Å². The Morgan fingerprint density at radius 3 is 2.56 bits per heavy atom. The van der Waals surface area contributed by atoms with Crippen LogP contribution in [0.1, 0.15) is 37.3 Å². The van der Waals surface area contributed by atoms with Crippen molar-refractivity contribution in [1.82, 2.24) is 0 Å². The number of anilines is 1. The molecule has 0 saturated heterocycles. The number of nitrogens with one attached hydrogen (secondary N) is 1. The normalized spacial score (nSPS) is 15.0. The molecule has 2 aliphatic carbocycles. The molecule has 0 saturated carbocycles. The number of allylic oxidation sites excluding steroid dienone is 4. The van der Waals surface area contributed by atoms with Crippen LogP contribution in [-0.4, -0.2) is 5.91 Å². The Balaban J connectivity index is 1.52. The van der Waals surface area contributed by atoms with Crippen LogP contribution in [0.4, 0.5) is 5.69 Å². The van der Waals surface area contributed by atoms with E-state index < -0.39 is 0 Å². The fourth-order valence-electron chi connectivity index (χ4n) is 5.43. The molecule has 2 nitrogen and oxygen atoms in total. The highest BCUT2D eigenvalue weighted by atomic mass is 16.1. The third kappa shape index (κ3) is 3.06. The molecule has 0 fully saturated rings. The molecule has 0 bridgehead atoms. The van der Waals surface area contributed by atoms with E-state index in [0.29, 0.717) is 0 Å². The van der Waals surface area contributed by atoms with Crippen LogP contribution in [0.2, 0.25) is 0 Å². The highest BCUT2D eigenvalue weighted by Gasteiger charge is 2.21. The molecule has 6 rings (SSSR count). The van der Waals surface area contributed by atoms with Crippen LogP contribution in [0, 0.1) is 0 Å². The van der Waals surface area contributed by atoms with Crippen LogP contribution >= 0.6 is 0 Å². The van der Waals surface area contributed by atoms with Crippen LogP contribution in [0.25, 0.3) is 38.2 Å². The topological polar surface area (TPSA) is 29.1 Å². The van der Waals surface area contributed by atoms with Crippen molar-refractivity contribution < 1.29 is 4.79 Å². The standard InChI is InChI=1S/C30H25NO/c1-19(32)31-30-26-9-5-3-7-21(26)10-15-27(30)23-12-14-25-22(18-23)13-17-28-24-8-4-2-6-20(24)11-16-29(25)28/h3-5,7-10,12-15,17-18H,2,6,11,16H2,1H3,(H,31,32). The van der Waals surface area contributed by atoms with Gasteiger partial charge in [-0.2, -0.15) is 0 Å². The summed E-state index contributed by atoms with van der Waals surface area (Å²) in [6.45, 7) is 1.57. The Morgan fingerprint density at radius 1 is 0.812 bits per heavy atom. The lowest BCUT2D eigenvalue weighted by atomic mass is 9.79. The quantitative estimate of drug-likeness (QED) is 0.357. The molecule has 0 unspecified atom stereocenters. The molecule has 0 spiro atoms. The van der Waals surface area contributed by atoms with E-state index in [9.17, 15) is 4.79 Å². The van der Waals surface area contributed by atoms with Crippen molar-refractivity contribution in [2.24, 2.45) is 0 Å². The second kappa shape index (κ2) is 7.49. The van der Waals surface area contributed by atoms with Crippen molar-refractivity contribution in [2.45, 2.75) is 32.6 Å². The maximum absolute atomic E-state index is 12.0. The second-order valence-corrected chi connectivity index (χ2v) is 8.88. The number of hydrogen-bond acceptors (Lipinski definition) is 1. The summed E-state index contributed by atoms with van der Waals surface area (Å²) >= 11 is 0. The largest absolute Gasteiger partial charge is 0.325 e. The first-order valence-corrected chi connectivity index (χ1v) is 11.4. The molecule has 0 aromatic heterocycles. The highest BCUT2D eigenvalue weighted by molar-refractivity contribution is 6.08. The van der Waals surface area contributed by atoms with Gasteiger partial charge in [0.2, 0.25) is 5.91 Å². The van der Waals surface area contributed by atoms with Crippen molar-refractivity contribution in [3.05, 3.63) is 95.6 Å². The number of carbonyl (C=O) groups is 1. The maximum atomic E-state index is 12.0. The Morgan fingerprint density at radius 2 is 1.66 bits per heavy atom. The monoisotopic (exact) mass is 415 g/mol. The third-order valence-corrected chi connectivity index (χ3v) is 6.92. The number of carbonyl (C=O) groups excluding carboxylic acids is 1. The Kier molecular flexibility index (Phi) is 4.46. The Bertz CT molecular complexity index is 1470. The molecule has 32 heavy (non-hydrogen) atoms. The van der Waals surface area contributed by atoms with E-state index in [1.54, 1.807) is 12.5 Å². The summed E-state index contributed by atoms with van der Waals surface area (Å²) in [5, 5.41) is 7.88. The highest BCUT2D eigenvalue weighted by Crippen LogP contribution is 2.41. The molecular formula is C30H25NO. The van der Waals surface area contributed by atoms with Crippen molar-refractivity contribution in [1.29, 1.82) is 0 Å². The van der Waals surface area contributed by atoms with Crippen molar-refractivity contribution >= 4 is 38.7 Å². The average molecular weight is 416 g/mol. The zero-order valence-corrected chi connectivity index (χ0v) is 18.2. The van der Waals surface area contributed by atoms with Crippen LogP contribution in [0.5, 0.6) is 0 Å². The van der Waals surface area contributed by atoms with Gasteiger partial charge in [-0.15, -0.1) is 0 Å². The summed E-state index contributed by atoms with van der Waals surface area (Å²) in [5.74, 6) is -0.0536. The minimum absolute atomic E-state index is 0.0536. The molecule has 1 N–H and O–H groups in total. The molecule has 156 valence electrons. The number of fused-ring (bicyclic) bond motifs is 5. The molecule has 4 aromatic rings. The molecule has 0 radical (unpaired) electrons. The van der Waals surface area contributed by atoms with E-state index in [0.717, 1.165) is 34.0 Å². The molecule has 0 atom stereocenters. The molecule has 2 heteroatoms. The summed E-state index contributed by atoms with van der Waals surface area (Å²) in [6.07, 6.45) is 9.30. The molecule has 4 aromatic carbocycles. The van der Waals surface area contributed by atoms with E-state index in [1.165, 1.54) is 46.7 Å². The summed E-state index contributed by atoms with van der Waals surface area (Å²) in [7, 11) is 0. The van der Waals surface area contributed by atoms with Crippen molar-refractivity contribution in [2.75, 3.05) is 5.32 Å². The minimum Gasteiger partial charge on any atom is -0.325 e. The Labute approximate surface area is 188 Å². The van der Waals surface area contributed by atoms with Crippen LogP contribution < -0.4 is 5.32 Å².